The average Bonchev–Trinajstić information content (AvgIpc) is 2.69. The van der Waals surface area contributed by atoms with Gasteiger partial charge in [-0.1, -0.05) is 6.07 Å². The summed E-state index contributed by atoms with van der Waals surface area (Å²) in [5.74, 6) is -1.96. The van der Waals surface area contributed by atoms with E-state index in [1.54, 1.807) is 0 Å². The Morgan fingerprint density at radius 1 is 1.33 bits per heavy atom. The number of alkyl halides is 3. The molecule has 0 fully saturated rings. The number of thiol groups is 1. The summed E-state index contributed by atoms with van der Waals surface area (Å²) in [5.41, 5.74) is -1.57. The number of aryl methyl sites for hydroxylation is 2. The fourth-order valence-electron chi connectivity index (χ4n) is 2.31. The van der Waals surface area contributed by atoms with E-state index in [2.05, 4.69) is 5.10 Å². The monoisotopic (exact) mass is 362 g/mol. The van der Waals surface area contributed by atoms with Crippen LogP contribution in [0.3, 0.4) is 0 Å². The third-order valence-corrected chi connectivity index (χ3v) is 3.99. The Balaban J connectivity index is 2.62. The van der Waals surface area contributed by atoms with Crippen molar-refractivity contribution in [2.75, 3.05) is 0 Å². The summed E-state index contributed by atoms with van der Waals surface area (Å²) in [4.78, 5) is 12.6. The molecule has 2 rings (SSSR count). The molecule has 0 unspecified atom stereocenters. The van der Waals surface area contributed by atoms with Crippen molar-refractivity contribution < 1.29 is 31.5 Å². The van der Waals surface area contributed by atoms with Crippen LogP contribution in [0, 0.1) is 6.92 Å². The van der Waals surface area contributed by atoms with Gasteiger partial charge in [-0.05, 0) is 24.6 Å². The van der Waals surface area contributed by atoms with Gasteiger partial charge in [0.15, 0.2) is 0 Å². The summed E-state index contributed by atoms with van der Waals surface area (Å²) >= 11 is 0. The maximum Gasteiger partial charge on any atom is 0.416 e. The van der Waals surface area contributed by atoms with Crippen LogP contribution in [-0.2, 0) is 29.7 Å². The van der Waals surface area contributed by atoms with E-state index in [1.807, 2.05) is 0 Å². The fraction of sp³-hybridized carbons (Fsp3) is 0.286. The molecule has 1 aromatic carbocycles. The lowest BCUT2D eigenvalue weighted by atomic mass is 9.97. The molecule has 0 saturated heterocycles. The molecule has 1 heterocycles. The van der Waals surface area contributed by atoms with E-state index >= 15 is 0 Å². The highest BCUT2D eigenvalue weighted by molar-refractivity contribution is 7.71. The Morgan fingerprint density at radius 2 is 1.96 bits per heavy atom. The van der Waals surface area contributed by atoms with Crippen molar-refractivity contribution in [3.63, 3.8) is 0 Å². The van der Waals surface area contributed by atoms with Crippen LogP contribution in [0.25, 0.3) is 0 Å². The number of ketones is 1. The minimum Gasteiger partial charge on any atom is -0.493 e. The van der Waals surface area contributed by atoms with Crippen LogP contribution in [0.2, 0.25) is 0 Å². The van der Waals surface area contributed by atoms with Crippen molar-refractivity contribution in [1.82, 2.24) is 9.78 Å². The molecule has 0 radical (unpaired) electrons. The van der Waals surface area contributed by atoms with Crippen LogP contribution in [0.1, 0.15) is 32.7 Å². The van der Waals surface area contributed by atoms with Crippen LogP contribution >= 0.6 is 0 Å². The lowest BCUT2D eigenvalue weighted by Crippen LogP contribution is -2.11. The highest BCUT2D eigenvalue weighted by atomic mass is 32.2. The first-order chi connectivity index (χ1) is 11.0. The second-order valence-electron chi connectivity index (χ2n) is 5.10. The van der Waals surface area contributed by atoms with Crippen molar-refractivity contribution in [2.24, 2.45) is 7.05 Å². The molecule has 0 aliphatic rings. The lowest BCUT2D eigenvalue weighted by Gasteiger charge is -2.11. The normalized spacial score (nSPS) is 11.9. The number of hydrogen-bond acceptors (Lipinski definition) is 5. The molecule has 0 saturated carbocycles. The molecule has 0 amide bonds. The zero-order valence-corrected chi connectivity index (χ0v) is 13.5. The predicted molar refractivity (Wildman–Crippen MR) is 78.5 cm³/mol. The quantitative estimate of drug-likeness (QED) is 0.639. The number of hydrogen-bond donors (Lipinski definition) is 2. The van der Waals surface area contributed by atoms with E-state index in [4.69, 9.17) is 0 Å². The first-order valence-electron chi connectivity index (χ1n) is 6.61. The standard InChI is InChI=1S/C14H13F3N2O4S/c1-7-11(13(21)19(2)18-7)12(20)10-4-3-9(14(15,16)17)5-8(10)6-24(22)23/h3-5,21,24H,6H2,1-2H3. The Kier molecular flexibility index (Phi) is 4.70. The molecule has 1 aromatic heterocycles. The number of halogens is 3. The lowest BCUT2D eigenvalue weighted by molar-refractivity contribution is -0.137. The zero-order valence-electron chi connectivity index (χ0n) is 12.6. The minimum absolute atomic E-state index is 0.178. The highest BCUT2D eigenvalue weighted by Crippen LogP contribution is 2.32. The summed E-state index contributed by atoms with van der Waals surface area (Å²) in [5, 5.41) is 13.7. The number of aromatic nitrogens is 2. The van der Waals surface area contributed by atoms with Crippen LogP contribution in [0.5, 0.6) is 5.88 Å². The van der Waals surface area contributed by atoms with E-state index in [1.165, 1.54) is 14.0 Å². The number of nitrogens with zero attached hydrogens (tertiary/aromatic N) is 2. The first kappa shape index (κ1) is 18.0. The van der Waals surface area contributed by atoms with E-state index in [9.17, 15) is 31.5 Å². The Bertz CT molecular complexity index is 877. The molecular weight excluding hydrogens is 349 g/mol. The largest absolute Gasteiger partial charge is 0.493 e. The number of rotatable bonds is 4. The van der Waals surface area contributed by atoms with E-state index < -0.39 is 39.9 Å². The number of aromatic hydroxyl groups is 1. The SMILES string of the molecule is Cc1nn(C)c(O)c1C(=O)c1ccc(C(F)(F)F)cc1C[SH](=O)=O. The Morgan fingerprint density at radius 3 is 2.42 bits per heavy atom. The topological polar surface area (TPSA) is 89.3 Å². The second kappa shape index (κ2) is 6.27. The van der Waals surface area contributed by atoms with Gasteiger partial charge in [0.05, 0.1) is 17.0 Å². The summed E-state index contributed by atoms with van der Waals surface area (Å²) in [6.07, 6.45) is -4.67. The molecule has 6 nitrogen and oxygen atoms in total. The highest BCUT2D eigenvalue weighted by Gasteiger charge is 2.32. The van der Waals surface area contributed by atoms with E-state index in [0.717, 1.165) is 10.7 Å². The van der Waals surface area contributed by atoms with Crippen LogP contribution < -0.4 is 0 Å². The number of benzene rings is 1. The Hall–Kier alpha value is -2.36. The van der Waals surface area contributed by atoms with E-state index in [0.29, 0.717) is 12.1 Å². The maximum absolute atomic E-state index is 12.8. The van der Waals surface area contributed by atoms with Gasteiger partial charge >= 0.3 is 6.18 Å². The first-order valence-corrected chi connectivity index (χ1v) is 7.97. The Labute approximate surface area is 136 Å². The van der Waals surface area contributed by atoms with Gasteiger partial charge in [-0.25, -0.2) is 13.1 Å². The summed E-state index contributed by atoms with van der Waals surface area (Å²) in [6, 6.07) is 2.23. The molecular formula is C14H13F3N2O4S. The average molecular weight is 362 g/mol. The second-order valence-corrected chi connectivity index (χ2v) is 6.08. The molecule has 0 bridgehead atoms. The smallest absolute Gasteiger partial charge is 0.416 e. The molecule has 1 N–H and O–H groups in total. The summed E-state index contributed by atoms with van der Waals surface area (Å²) in [6.45, 7) is 1.45. The summed E-state index contributed by atoms with van der Waals surface area (Å²) in [7, 11) is -1.66. The minimum atomic E-state index is -4.67. The molecule has 0 aliphatic carbocycles. The van der Waals surface area contributed by atoms with Gasteiger partial charge in [-0.15, -0.1) is 0 Å². The van der Waals surface area contributed by atoms with E-state index in [-0.39, 0.29) is 22.4 Å². The van der Waals surface area contributed by atoms with Gasteiger partial charge in [0.1, 0.15) is 16.3 Å². The van der Waals surface area contributed by atoms with Gasteiger partial charge in [0, 0.05) is 12.6 Å². The van der Waals surface area contributed by atoms with Crippen molar-refractivity contribution in [2.45, 2.75) is 18.9 Å². The van der Waals surface area contributed by atoms with Gasteiger partial charge < -0.3 is 5.11 Å². The van der Waals surface area contributed by atoms with Crippen LogP contribution in [0.4, 0.5) is 13.2 Å². The van der Waals surface area contributed by atoms with Crippen LogP contribution in [0.15, 0.2) is 18.2 Å². The molecule has 24 heavy (non-hydrogen) atoms. The number of carbonyl (C=O) groups is 1. The van der Waals surface area contributed by atoms with Gasteiger partial charge in [-0.3, -0.25) is 4.79 Å². The number of carbonyl (C=O) groups excluding carboxylic acids is 1. The third-order valence-electron chi connectivity index (χ3n) is 3.40. The fourth-order valence-corrected chi connectivity index (χ4v) is 2.85. The molecule has 2 aromatic rings. The van der Waals surface area contributed by atoms with Crippen molar-refractivity contribution in [1.29, 1.82) is 0 Å². The van der Waals surface area contributed by atoms with Gasteiger partial charge in [-0.2, -0.15) is 18.3 Å². The predicted octanol–water partition coefficient (Wildman–Crippen LogP) is 1.80. The molecule has 10 heteroatoms. The zero-order chi connectivity index (χ0) is 18.2. The molecule has 0 spiro atoms. The van der Waals surface area contributed by atoms with Crippen molar-refractivity contribution in [3.8, 4) is 5.88 Å². The molecule has 0 aliphatic heterocycles. The van der Waals surface area contributed by atoms with Crippen molar-refractivity contribution in [3.05, 3.63) is 46.1 Å². The summed E-state index contributed by atoms with van der Waals surface area (Å²) < 4.78 is 61.4. The van der Waals surface area contributed by atoms with Crippen molar-refractivity contribution >= 4 is 16.5 Å². The third kappa shape index (κ3) is 3.42. The van der Waals surface area contributed by atoms with Crippen LogP contribution in [-0.4, -0.2) is 29.1 Å². The maximum atomic E-state index is 12.8. The molecule has 0 atom stereocenters. The van der Waals surface area contributed by atoms with Gasteiger partial charge in [0.25, 0.3) is 0 Å². The molecule has 130 valence electrons. The van der Waals surface area contributed by atoms with Gasteiger partial charge in [0.2, 0.25) is 11.7 Å².